The summed E-state index contributed by atoms with van der Waals surface area (Å²) in [5.74, 6) is -0.533. The van der Waals surface area contributed by atoms with Crippen LogP contribution in [0.4, 0.5) is 0 Å². The number of nitrogens with zero attached hydrogens (tertiary/aromatic N) is 2. The van der Waals surface area contributed by atoms with Crippen LogP contribution >= 0.6 is 0 Å². The average molecular weight is 434 g/mol. The van der Waals surface area contributed by atoms with Gasteiger partial charge in [-0.2, -0.15) is 0 Å². The van der Waals surface area contributed by atoms with E-state index in [1.807, 2.05) is 91.0 Å². The minimum atomic E-state index is -1.97. The van der Waals surface area contributed by atoms with Gasteiger partial charge in [0.1, 0.15) is 4.87 Å². The standard InChI is InChI=1S/C24H24N3O5/c28-23-16-26(29)25-27(23)24(30-17-20-10-4-1-5-11-20,31-18-21-12-6-2-7-13-21)32-19-22-14-8-3-9-15-22/h1-15H,16-19H2,(H,25,29)/q+1. The summed E-state index contributed by atoms with van der Waals surface area (Å²) in [6, 6.07) is 28.3. The smallest absolute Gasteiger partial charge is 0.303 e. The van der Waals surface area contributed by atoms with E-state index in [4.69, 9.17) is 14.2 Å². The molecule has 164 valence electrons. The molecule has 0 spiro atoms. The summed E-state index contributed by atoms with van der Waals surface area (Å²) in [6.07, 6.45) is -1.97. The molecule has 8 nitrogen and oxygen atoms in total. The van der Waals surface area contributed by atoms with Gasteiger partial charge in [-0.15, -0.1) is 5.01 Å². The van der Waals surface area contributed by atoms with Crippen LogP contribution in [0.5, 0.6) is 0 Å². The number of hydrazine groups is 2. The normalized spacial score (nSPS) is 13.9. The molecule has 0 unspecified atom stereocenters. The van der Waals surface area contributed by atoms with Crippen LogP contribution in [-0.4, -0.2) is 28.4 Å². The number of carbonyl (C=O) groups is 1. The second kappa shape index (κ2) is 10.1. The summed E-state index contributed by atoms with van der Waals surface area (Å²) in [6.45, 7) is -0.113. The molecule has 0 aliphatic carbocycles. The third-order valence-electron chi connectivity index (χ3n) is 4.81. The van der Waals surface area contributed by atoms with Crippen molar-refractivity contribution in [3.63, 3.8) is 0 Å². The van der Waals surface area contributed by atoms with Gasteiger partial charge >= 0.3 is 18.5 Å². The Morgan fingerprint density at radius 1 is 0.719 bits per heavy atom. The highest BCUT2D eigenvalue weighted by Crippen LogP contribution is 2.27. The van der Waals surface area contributed by atoms with Crippen LogP contribution in [0.25, 0.3) is 0 Å². The number of benzene rings is 3. The number of nitrogens with one attached hydrogen (secondary N) is 1. The van der Waals surface area contributed by atoms with Gasteiger partial charge in [-0.1, -0.05) is 91.0 Å². The lowest BCUT2D eigenvalue weighted by molar-refractivity contribution is -0.622. The highest BCUT2D eigenvalue weighted by Gasteiger charge is 2.53. The minimum Gasteiger partial charge on any atom is -0.303 e. The van der Waals surface area contributed by atoms with Gasteiger partial charge in [0.05, 0.1) is 24.7 Å². The lowest BCUT2D eigenvalue weighted by Gasteiger charge is -2.36. The number of nitroso groups, excluding NO2 is 1. The van der Waals surface area contributed by atoms with Gasteiger partial charge in [-0.25, -0.2) is 0 Å². The Morgan fingerprint density at radius 3 is 1.41 bits per heavy atom. The molecule has 0 saturated carbocycles. The van der Waals surface area contributed by atoms with Crippen molar-refractivity contribution in [2.75, 3.05) is 6.54 Å². The molecule has 4 rings (SSSR count). The van der Waals surface area contributed by atoms with Crippen molar-refractivity contribution in [2.24, 2.45) is 0 Å². The van der Waals surface area contributed by atoms with E-state index in [0.29, 0.717) is 4.87 Å². The first-order valence-electron chi connectivity index (χ1n) is 10.2. The molecular formula is C24H24N3O5+. The summed E-state index contributed by atoms with van der Waals surface area (Å²) in [7, 11) is 0. The maximum absolute atomic E-state index is 12.6. The van der Waals surface area contributed by atoms with Crippen molar-refractivity contribution in [2.45, 2.75) is 25.9 Å². The Balaban J connectivity index is 1.63. The van der Waals surface area contributed by atoms with Gasteiger partial charge < -0.3 is 14.2 Å². The highest BCUT2D eigenvalue weighted by molar-refractivity contribution is 5.77. The second-order valence-corrected chi connectivity index (χ2v) is 7.21. The molecule has 0 atom stereocenters. The molecule has 1 fully saturated rings. The van der Waals surface area contributed by atoms with Crippen molar-refractivity contribution < 1.29 is 23.9 Å². The molecule has 1 saturated heterocycles. The largest absolute Gasteiger partial charge is 0.403 e. The van der Waals surface area contributed by atoms with Crippen LogP contribution in [-0.2, 0) is 38.8 Å². The van der Waals surface area contributed by atoms with Crippen molar-refractivity contribution >= 4 is 5.91 Å². The van der Waals surface area contributed by atoms with Crippen LogP contribution in [0.15, 0.2) is 91.0 Å². The Morgan fingerprint density at radius 2 is 1.09 bits per heavy atom. The molecule has 0 radical (unpaired) electrons. The van der Waals surface area contributed by atoms with Gasteiger partial charge in [0.2, 0.25) is 0 Å². The van der Waals surface area contributed by atoms with E-state index >= 15 is 0 Å². The van der Waals surface area contributed by atoms with Crippen LogP contribution in [0.2, 0.25) is 0 Å². The average Bonchev–Trinajstić information content (AvgIpc) is 3.19. The number of amides is 1. The number of rotatable bonds is 10. The van der Waals surface area contributed by atoms with E-state index in [9.17, 15) is 9.70 Å². The molecular weight excluding hydrogens is 410 g/mol. The van der Waals surface area contributed by atoms with Crippen molar-refractivity contribution in [1.82, 2.24) is 10.5 Å². The Kier molecular flexibility index (Phi) is 6.86. The molecule has 3 aromatic rings. The first kappa shape index (κ1) is 21.6. The van der Waals surface area contributed by atoms with Gasteiger partial charge in [0, 0.05) is 0 Å². The van der Waals surface area contributed by atoms with Crippen LogP contribution in [0.1, 0.15) is 16.7 Å². The van der Waals surface area contributed by atoms with Crippen LogP contribution in [0, 0.1) is 4.91 Å². The molecule has 1 aliphatic rings. The van der Waals surface area contributed by atoms with Gasteiger partial charge in [-0.3, -0.25) is 4.79 Å². The molecule has 3 aromatic carbocycles. The fraction of sp³-hybridized carbons (Fsp3) is 0.208. The second-order valence-electron chi connectivity index (χ2n) is 7.21. The molecule has 1 heterocycles. The number of ether oxygens (including phenoxy) is 3. The highest BCUT2D eigenvalue weighted by atomic mass is 16.9. The number of hydrogen-bond donors (Lipinski definition) is 1. The fourth-order valence-electron chi connectivity index (χ4n) is 3.18. The molecule has 1 amide bonds. The monoisotopic (exact) mass is 434 g/mol. The van der Waals surface area contributed by atoms with Gasteiger partial charge in [0.15, 0.2) is 0 Å². The van der Waals surface area contributed by atoms with E-state index in [1.165, 1.54) is 0 Å². The molecule has 0 aromatic heterocycles. The summed E-state index contributed by atoms with van der Waals surface area (Å²) < 4.78 is 18.3. The summed E-state index contributed by atoms with van der Waals surface area (Å²) in [5, 5.41) is 0.967. The lowest BCUT2D eigenvalue weighted by atomic mass is 10.2. The lowest BCUT2D eigenvalue weighted by Crippen LogP contribution is -2.59. The zero-order valence-corrected chi connectivity index (χ0v) is 17.4. The zero-order valence-electron chi connectivity index (χ0n) is 17.4. The van der Waals surface area contributed by atoms with Crippen LogP contribution in [0.3, 0.4) is 0 Å². The predicted octanol–water partition coefficient (Wildman–Crippen LogP) is 3.29. The van der Waals surface area contributed by atoms with E-state index in [-0.39, 0.29) is 26.4 Å². The fourth-order valence-corrected chi connectivity index (χ4v) is 3.18. The third kappa shape index (κ3) is 5.36. The van der Waals surface area contributed by atoms with Gasteiger partial charge in [0.25, 0.3) is 0 Å². The van der Waals surface area contributed by atoms with E-state index < -0.39 is 12.0 Å². The first-order chi connectivity index (χ1) is 15.6. The topological polar surface area (TPSA) is 80.1 Å². The number of hydrogen-bond acceptors (Lipinski definition) is 5. The summed E-state index contributed by atoms with van der Waals surface area (Å²) >= 11 is 0. The summed E-state index contributed by atoms with van der Waals surface area (Å²) in [4.78, 5) is 25.0. The van der Waals surface area contributed by atoms with E-state index in [2.05, 4.69) is 5.53 Å². The summed E-state index contributed by atoms with van der Waals surface area (Å²) in [5.41, 5.74) is 5.01. The molecule has 1 aliphatic heterocycles. The zero-order chi connectivity index (χ0) is 22.2. The van der Waals surface area contributed by atoms with E-state index in [1.54, 1.807) is 0 Å². The maximum Gasteiger partial charge on any atom is 0.403 e. The predicted molar refractivity (Wildman–Crippen MR) is 115 cm³/mol. The first-order valence-corrected chi connectivity index (χ1v) is 10.2. The maximum atomic E-state index is 12.6. The Bertz CT molecular complexity index is 925. The SMILES string of the molecule is O=C1C[N+](=O)NN1C(OCc1ccccc1)(OCc1ccccc1)OCc1ccccc1. The minimum absolute atomic E-state index is 0.0920. The Labute approximate surface area is 185 Å². The van der Waals surface area contributed by atoms with Gasteiger partial charge in [-0.05, 0) is 22.2 Å². The molecule has 8 heteroatoms. The van der Waals surface area contributed by atoms with Crippen molar-refractivity contribution in [1.29, 1.82) is 0 Å². The molecule has 0 bridgehead atoms. The van der Waals surface area contributed by atoms with Crippen LogP contribution < -0.4 is 5.53 Å². The molecule has 1 N–H and O–H groups in total. The molecule has 32 heavy (non-hydrogen) atoms. The van der Waals surface area contributed by atoms with Crippen molar-refractivity contribution in [3.05, 3.63) is 113 Å². The van der Waals surface area contributed by atoms with Crippen molar-refractivity contribution in [3.8, 4) is 0 Å². The third-order valence-corrected chi connectivity index (χ3v) is 4.81. The van der Waals surface area contributed by atoms with E-state index in [0.717, 1.165) is 21.7 Å². The number of carbonyl (C=O) groups excluding carboxylic acids is 1. The Hall–Kier alpha value is -3.59. The quantitative estimate of drug-likeness (QED) is 0.390.